The maximum atomic E-state index is 15.2. The van der Waals surface area contributed by atoms with Crippen molar-refractivity contribution in [3.63, 3.8) is 0 Å². The van der Waals surface area contributed by atoms with Gasteiger partial charge in [0, 0.05) is 13.2 Å². The molecule has 0 spiro atoms. The molecule has 0 bridgehead atoms. The monoisotopic (exact) mass is 727 g/mol. The molecule has 0 amide bonds. The minimum Gasteiger partial charge on any atom is -0.381 e. The van der Waals surface area contributed by atoms with Crippen LogP contribution in [0, 0.1) is 47.1 Å². The van der Waals surface area contributed by atoms with Gasteiger partial charge in [0.05, 0.1) is 0 Å². The van der Waals surface area contributed by atoms with E-state index in [1.807, 2.05) is 24.3 Å². The van der Waals surface area contributed by atoms with Crippen molar-refractivity contribution in [3.05, 3.63) is 94.6 Å². The summed E-state index contributed by atoms with van der Waals surface area (Å²) < 4.78 is 36.2. The summed E-state index contributed by atoms with van der Waals surface area (Å²) in [6.07, 6.45) is 36.1. The minimum absolute atomic E-state index is 0.0482. The number of ether oxygens (including phenoxy) is 1. The molecule has 3 heteroatoms. The summed E-state index contributed by atoms with van der Waals surface area (Å²) in [6.45, 7) is 5.68. The van der Waals surface area contributed by atoms with E-state index in [4.69, 9.17) is 4.74 Å². The average Bonchev–Trinajstić information content (AvgIpc) is 3.20. The zero-order valence-electron chi connectivity index (χ0n) is 33.5. The Balaban J connectivity index is 0.828. The molecule has 4 fully saturated rings. The van der Waals surface area contributed by atoms with Gasteiger partial charge < -0.3 is 4.74 Å². The summed E-state index contributed by atoms with van der Waals surface area (Å²) in [4.78, 5) is 0. The molecule has 2 aromatic rings. The smallest absolute Gasteiger partial charge is 0.126 e. The van der Waals surface area contributed by atoms with Gasteiger partial charge in [0.25, 0.3) is 0 Å². The molecule has 4 aliphatic carbocycles. The summed E-state index contributed by atoms with van der Waals surface area (Å²) >= 11 is 0. The third-order valence-electron chi connectivity index (χ3n) is 14.4. The second-order valence-electron chi connectivity index (χ2n) is 17.8. The normalized spacial score (nSPS) is 30.0. The van der Waals surface area contributed by atoms with Crippen LogP contribution in [0.1, 0.15) is 176 Å². The second-order valence-corrected chi connectivity index (χ2v) is 17.8. The quantitative estimate of drug-likeness (QED) is 0.124. The van der Waals surface area contributed by atoms with Crippen LogP contribution in [0.2, 0.25) is 0 Å². The topological polar surface area (TPSA) is 9.23 Å². The highest BCUT2D eigenvalue weighted by atomic mass is 19.1. The lowest BCUT2D eigenvalue weighted by Crippen LogP contribution is -2.25. The molecule has 4 saturated carbocycles. The van der Waals surface area contributed by atoms with Gasteiger partial charge in [0.1, 0.15) is 11.6 Å². The van der Waals surface area contributed by atoms with E-state index in [0.29, 0.717) is 37.9 Å². The Kier molecular flexibility index (Phi) is 16.1. The van der Waals surface area contributed by atoms with E-state index in [2.05, 4.69) is 50.3 Å². The molecule has 292 valence electrons. The summed E-state index contributed by atoms with van der Waals surface area (Å²) in [7, 11) is 0. The lowest BCUT2D eigenvalue weighted by molar-refractivity contribution is 0.129. The van der Waals surface area contributed by atoms with Crippen molar-refractivity contribution in [2.24, 2.45) is 35.5 Å². The number of hydrogen-bond acceptors (Lipinski definition) is 1. The van der Waals surface area contributed by atoms with Crippen molar-refractivity contribution >= 4 is 0 Å². The number of rotatable bonds is 16. The molecule has 0 aromatic heterocycles. The molecule has 2 aromatic carbocycles. The zero-order valence-corrected chi connectivity index (χ0v) is 33.5. The van der Waals surface area contributed by atoms with Crippen LogP contribution in [0.25, 0.3) is 0 Å². The summed E-state index contributed by atoms with van der Waals surface area (Å²) in [5, 5.41) is 0. The maximum Gasteiger partial charge on any atom is 0.126 e. The van der Waals surface area contributed by atoms with Gasteiger partial charge in [-0.2, -0.15) is 0 Å². The lowest BCUT2D eigenvalue weighted by Gasteiger charge is -2.37. The van der Waals surface area contributed by atoms with Gasteiger partial charge in [-0.05, 0) is 223 Å². The van der Waals surface area contributed by atoms with Gasteiger partial charge in [-0.25, -0.2) is 8.78 Å². The molecule has 0 unspecified atom stereocenters. The molecule has 0 N–H and O–H groups in total. The Labute approximate surface area is 322 Å². The first kappa shape index (κ1) is 40.4. The van der Waals surface area contributed by atoms with E-state index >= 15 is 8.78 Å². The fourth-order valence-corrected chi connectivity index (χ4v) is 11.0. The predicted octanol–water partition coefficient (Wildman–Crippen LogP) is 14.6. The van der Waals surface area contributed by atoms with Gasteiger partial charge in [0.2, 0.25) is 0 Å². The van der Waals surface area contributed by atoms with Crippen molar-refractivity contribution in [2.45, 2.75) is 167 Å². The largest absolute Gasteiger partial charge is 0.381 e. The highest BCUT2D eigenvalue weighted by Gasteiger charge is 2.32. The van der Waals surface area contributed by atoms with Crippen molar-refractivity contribution in [1.82, 2.24) is 0 Å². The van der Waals surface area contributed by atoms with Crippen LogP contribution in [-0.4, -0.2) is 13.2 Å². The van der Waals surface area contributed by atoms with E-state index in [-0.39, 0.29) is 11.6 Å². The Bertz CT molecular complexity index is 1300. The fourth-order valence-electron chi connectivity index (χ4n) is 11.0. The molecule has 6 rings (SSSR count). The first-order chi connectivity index (χ1) is 26.0. The number of allylic oxidation sites excluding steroid dienone is 4. The van der Waals surface area contributed by atoms with E-state index in [1.165, 1.54) is 114 Å². The SMILES string of the molecule is CC/C=C/C1CCC(C2CCC(c3ccc(CCCOCCCc4ccc(C5CCC(C6CCC(/C=C/CC)CC6)CC5)cc4F)c(F)c3)CC2)CC1. The molecule has 0 aliphatic heterocycles. The average molecular weight is 727 g/mol. The van der Waals surface area contributed by atoms with Gasteiger partial charge in [-0.1, -0.05) is 62.4 Å². The number of hydrogen-bond donors (Lipinski definition) is 0. The van der Waals surface area contributed by atoms with Crippen molar-refractivity contribution in [1.29, 1.82) is 0 Å². The van der Waals surface area contributed by atoms with Gasteiger partial charge in [-0.15, -0.1) is 0 Å². The maximum absolute atomic E-state index is 15.2. The van der Waals surface area contributed by atoms with Crippen LogP contribution in [0.5, 0.6) is 0 Å². The summed E-state index contributed by atoms with van der Waals surface area (Å²) in [5.41, 5.74) is 4.01. The Morgan fingerprint density at radius 3 is 1.21 bits per heavy atom. The standard InChI is InChI=1S/C50H72F2O/c1-3-5-9-37-13-17-39(18-14-37)41-21-25-43(26-22-41)47-31-29-45(49(51)35-47)11-7-33-53-34-8-12-46-30-32-48(36-50(46)52)44-27-23-42(24-28-44)40-19-15-38(16-20-40)10-6-4-2/h5-6,9-10,29-32,35-44H,3-4,7-8,11-28,33-34H2,1-2H3/b9-5+,10-6+. The Hall–Kier alpha value is -2.26. The van der Waals surface area contributed by atoms with Crippen molar-refractivity contribution in [2.75, 3.05) is 13.2 Å². The second kappa shape index (κ2) is 21.2. The lowest BCUT2D eigenvalue weighted by atomic mass is 9.68. The third kappa shape index (κ3) is 11.9. The first-order valence-electron chi connectivity index (χ1n) is 22.5. The van der Waals surface area contributed by atoms with E-state index in [9.17, 15) is 0 Å². The molecule has 0 atom stereocenters. The number of aryl methyl sites for hydroxylation is 2. The molecule has 4 aliphatic rings. The first-order valence-corrected chi connectivity index (χ1v) is 22.5. The molecule has 0 saturated heterocycles. The Morgan fingerprint density at radius 1 is 0.509 bits per heavy atom. The number of benzene rings is 2. The zero-order chi connectivity index (χ0) is 36.8. The Morgan fingerprint density at radius 2 is 0.868 bits per heavy atom. The van der Waals surface area contributed by atoms with E-state index in [1.54, 1.807) is 0 Å². The summed E-state index contributed by atoms with van der Waals surface area (Å²) in [6, 6.07) is 12.1. The molecule has 0 radical (unpaired) electrons. The highest BCUT2D eigenvalue weighted by molar-refractivity contribution is 5.29. The predicted molar refractivity (Wildman–Crippen MR) is 219 cm³/mol. The highest BCUT2D eigenvalue weighted by Crippen LogP contribution is 2.46. The van der Waals surface area contributed by atoms with Crippen LogP contribution in [-0.2, 0) is 17.6 Å². The van der Waals surface area contributed by atoms with Crippen molar-refractivity contribution in [3.8, 4) is 0 Å². The van der Waals surface area contributed by atoms with Gasteiger partial charge >= 0.3 is 0 Å². The van der Waals surface area contributed by atoms with E-state index < -0.39 is 0 Å². The number of halogens is 2. The van der Waals surface area contributed by atoms with Crippen LogP contribution >= 0.6 is 0 Å². The third-order valence-corrected chi connectivity index (χ3v) is 14.4. The van der Waals surface area contributed by atoms with Crippen molar-refractivity contribution < 1.29 is 13.5 Å². The molecule has 1 nitrogen and oxygen atoms in total. The molecule has 0 heterocycles. The summed E-state index contributed by atoms with van der Waals surface area (Å²) in [5.74, 6) is 6.10. The van der Waals surface area contributed by atoms with Gasteiger partial charge in [0.15, 0.2) is 0 Å². The van der Waals surface area contributed by atoms with E-state index in [0.717, 1.165) is 72.3 Å². The van der Waals surface area contributed by atoms with Crippen LogP contribution in [0.4, 0.5) is 8.78 Å². The van der Waals surface area contributed by atoms with Gasteiger partial charge in [-0.3, -0.25) is 0 Å². The van der Waals surface area contributed by atoms with Crippen LogP contribution in [0.3, 0.4) is 0 Å². The molecule has 53 heavy (non-hydrogen) atoms. The molecular formula is C50H72F2O. The fraction of sp³-hybridized carbons (Fsp3) is 0.680. The minimum atomic E-state index is -0.0482. The molecular weight excluding hydrogens is 655 g/mol. The van der Waals surface area contributed by atoms with Crippen LogP contribution in [0.15, 0.2) is 60.7 Å². The van der Waals surface area contributed by atoms with Crippen LogP contribution < -0.4 is 0 Å².